The molecule has 0 saturated heterocycles. The van der Waals surface area contributed by atoms with E-state index in [2.05, 4.69) is 0 Å². The van der Waals surface area contributed by atoms with Gasteiger partial charge in [0.15, 0.2) is 0 Å². The molecule has 0 aliphatic carbocycles. The molecule has 0 fully saturated rings. The molecule has 0 aliphatic rings. The molecule has 0 bridgehead atoms. The van der Waals surface area contributed by atoms with E-state index in [0.717, 1.165) is 22.5 Å². The molecule has 0 unspecified atom stereocenters. The predicted octanol–water partition coefficient (Wildman–Crippen LogP) is 3.22. The van der Waals surface area contributed by atoms with Gasteiger partial charge in [0.25, 0.3) is 0 Å². The number of carbonyl (C=O) groups excluding carboxylic acids is 1. The second-order valence-electron chi connectivity index (χ2n) is 5.20. The lowest BCUT2D eigenvalue weighted by molar-refractivity contribution is 0.0739. The van der Waals surface area contributed by atoms with E-state index >= 15 is 0 Å². The van der Waals surface area contributed by atoms with Gasteiger partial charge in [-0.05, 0) is 43.2 Å². The highest BCUT2D eigenvalue weighted by molar-refractivity contribution is 7.89. The Morgan fingerprint density at radius 3 is 2.52 bits per heavy atom. The average molecular weight is 353 g/mol. The van der Waals surface area contributed by atoms with E-state index in [-0.39, 0.29) is 9.77 Å². The zero-order valence-corrected chi connectivity index (χ0v) is 15.1. The van der Waals surface area contributed by atoms with Crippen molar-refractivity contribution in [3.63, 3.8) is 0 Å². The van der Waals surface area contributed by atoms with Crippen molar-refractivity contribution in [3.8, 4) is 5.75 Å². The molecular formula is C16H19NO4S2. The number of nitrogens with zero attached hydrogens (tertiary/aromatic N) is 1. The molecule has 0 spiro atoms. The molecule has 1 heterocycles. The Balaban J connectivity index is 2.20. The van der Waals surface area contributed by atoms with Crippen LogP contribution in [0.25, 0.3) is 0 Å². The van der Waals surface area contributed by atoms with Crippen molar-refractivity contribution >= 4 is 27.3 Å². The molecule has 0 radical (unpaired) electrons. The summed E-state index contributed by atoms with van der Waals surface area (Å²) in [5, 5.41) is 1.46. The number of sulfonamides is 1. The highest BCUT2D eigenvalue weighted by Crippen LogP contribution is 2.24. The van der Waals surface area contributed by atoms with E-state index < -0.39 is 16.0 Å². The number of benzene rings is 1. The van der Waals surface area contributed by atoms with Gasteiger partial charge in [-0.25, -0.2) is 17.5 Å². The van der Waals surface area contributed by atoms with E-state index in [1.165, 1.54) is 22.8 Å². The number of carbonyl (C=O) groups is 1. The standard InChI is InChI=1S/C16H19NO4S2/c1-5-17(4)23(19,20)14-9-15(22-10-14)16(18)21-13-7-6-11(2)12(3)8-13/h6-10H,5H2,1-4H3. The summed E-state index contributed by atoms with van der Waals surface area (Å²) in [6.45, 7) is 6.02. The third-order valence-corrected chi connectivity index (χ3v) is 6.59. The summed E-state index contributed by atoms with van der Waals surface area (Å²) in [5.74, 6) is -0.111. The van der Waals surface area contributed by atoms with Crippen molar-refractivity contribution in [3.05, 3.63) is 45.6 Å². The van der Waals surface area contributed by atoms with E-state index in [4.69, 9.17) is 4.74 Å². The molecule has 1 aromatic carbocycles. The van der Waals surface area contributed by atoms with Crippen LogP contribution >= 0.6 is 11.3 Å². The molecule has 0 amide bonds. The monoisotopic (exact) mass is 353 g/mol. The maximum Gasteiger partial charge on any atom is 0.353 e. The van der Waals surface area contributed by atoms with Gasteiger partial charge in [0.05, 0.1) is 4.90 Å². The van der Waals surface area contributed by atoms with Crippen LogP contribution in [0.2, 0.25) is 0 Å². The molecular weight excluding hydrogens is 334 g/mol. The fraction of sp³-hybridized carbons (Fsp3) is 0.312. The lowest BCUT2D eigenvalue weighted by Gasteiger charge is -2.12. The maximum atomic E-state index is 12.2. The summed E-state index contributed by atoms with van der Waals surface area (Å²) in [6, 6.07) is 6.73. The van der Waals surface area contributed by atoms with E-state index in [1.807, 2.05) is 19.9 Å². The Morgan fingerprint density at radius 2 is 1.91 bits per heavy atom. The van der Waals surface area contributed by atoms with E-state index in [0.29, 0.717) is 12.3 Å². The Bertz CT molecular complexity index is 824. The third kappa shape index (κ3) is 3.80. The van der Waals surface area contributed by atoms with E-state index in [1.54, 1.807) is 19.1 Å². The molecule has 7 heteroatoms. The molecule has 23 heavy (non-hydrogen) atoms. The van der Waals surface area contributed by atoms with Crippen LogP contribution in [0.1, 0.15) is 27.7 Å². The molecule has 0 saturated carbocycles. The molecule has 2 aromatic rings. The summed E-state index contributed by atoms with van der Waals surface area (Å²) in [6.07, 6.45) is 0. The number of aryl methyl sites for hydroxylation is 2. The number of ether oxygens (including phenoxy) is 1. The SMILES string of the molecule is CCN(C)S(=O)(=O)c1csc(C(=O)Oc2ccc(C)c(C)c2)c1. The zero-order valence-electron chi connectivity index (χ0n) is 13.5. The Hall–Kier alpha value is -1.70. The van der Waals surface area contributed by atoms with Crippen molar-refractivity contribution in [1.29, 1.82) is 0 Å². The van der Waals surface area contributed by atoms with Gasteiger partial charge in [0.2, 0.25) is 10.0 Å². The normalized spacial score (nSPS) is 11.7. The fourth-order valence-corrected chi connectivity index (χ4v) is 4.16. The molecule has 0 N–H and O–H groups in total. The first-order valence-corrected chi connectivity index (χ1v) is 9.42. The smallest absolute Gasteiger partial charge is 0.353 e. The molecule has 1 aromatic heterocycles. The first-order valence-electron chi connectivity index (χ1n) is 7.10. The lowest BCUT2D eigenvalue weighted by atomic mass is 10.1. The summed E-state index contributed by atoms with van der Waals surface area (Å²) in [7, 11) is -2.05. The van der Waals surface area contributed by atoms with Gasteiger partial charge in [-0.2, -0.15) is 0 Å². The largest absolute Gasteiger partial charge is 0.422 e. The van der Waals surface area contributed by atoms with E-state index in [9.17, 15) is 13.2 Å². The lowest BCUT2D eigenvalue weighted by Crippen LogP contribution is -2.26. The summed E-state index contributed by atoms with van der Waals surface area (Å²) in [4.78, 5) is 12.5. The number of rotatable bonds is 5. The molecule has 124 valence electrons. The highest BCUT2D eigenvalue weighted by Gasteiger charge is 2.23. The van der Waals surface area contributed by atoms with Gasteiger partial charge < -0.3 is 4.74 Å². The summed E-state index contributed by atoms with van der Waals surface area (Å²) >= 11 is 1.06. The van der Waals surface area contributed by atoms with Crippen molar-refractivity contribution < 1.29 is 17.9 Å². The predicted molar refractivity (Wildman–Crippen MR) is 90.7 cm³/mol. The van der Waals surface area contributed by atoms with Crippen molar-refractivity contribution in [2.24, 2.45) is 0 Å². The second-order valence-corrected chi connectivity index (χ2v) is 8.16. The topological polar surface area (TPSA) is 63.7 Å². The summed E-state index contributed by atoms with van der Waals surface area (Å²) in [5.41, 5.74) is 2.13. The first kappa shape index (κ1) is 17.7. The Kier molecular flexibility index (Phi) is 5.23. The van der Waals surface area contributed by atoms with Gasteiger partial charge in [-0.1, -0.05) is 13.0 Å². The Morgan fingerprint density at radius 1 is 1.22 bits per heavy atom. The van der Waals surface area contributed by atoms with Crippen molar-refractivity contribution in [1.82, 2.24) is 4.31 Å². The molecule has 0 aliphatic heterocycles. The van der Waals surface area contributed by atoms with Gasteiger partial charge in [-0.3, -0.25) is 0 Å². The number of hydrogen-bond donors (Lipinski definition) is 0. The minimum atomic E-state index is -3.55. The van der Waals surface area contributed by atoms with Crippen molar-refractivity contribution in [2.75, 3.05) is 13.6 Å². The number of thiophene rings is 1. The van der Waals surface area contributed by atoms with Crippen LogP contribution in [0.4, 0.5) is 0 Å². The van der Waals surface area contributed by atoms with Crippen LogP contribution in [0, 0.1) is 13.8 Å². The van der Waals surface area contributed by atoms with Gasteiger partial charge >= 0.3 is 5.97 Å². The van der Waals surface area contributed by atoms with Crippen LogP contribution in [-0.4, -0.2) is 32.3 Å². The van der Waals surface area contributed by atoms with Gasteiger partial charge in [0.1, 0.15) is 10.6 Å². The average Bonchev–Trinajstić information content (AvgIpc) is 3.00. The van der Waals surface area contributed by atoms with Crippen LogP contribution in [0.5, 0.6) is 5.75 Å². The number of esters is 1. The molecule has 5 nitrogen and oxygen atoms in total. The van der Waals surface area contributed by atoms with Crippen LogP contribution in [0.15, 0.2) is 34.5 Å². The second kappa shape index (κ2) is 6.82. The van der Waals surface area contributed by atoms with Gasteiger partial charge in [-0.15, -0.1) is 11.3 Å². The summed E-state index contributed by atoms with van der Waals surface area (Å²) < 4.78 is 31.0. The maximum absolute atomic E-state index is 12.2. The zero-order chi connectivity index (χ0) is 17.2. The quantitative estimate of drug-likeness (QED) is 0.611. The van der Waals surface area contributed by atoms with Crippen LogP contribution in [-0.2, 0) is 10.0 Å². The Labute approximate surface area is 140 Å². The highest BCUT2D eigenvalue weighted by atomic mass is 32.2. The molecule has 0 atom stereocenters. The van der Waals surface area contributed by atoms with Crippen molar-refractivity contribution in [2.45, 2.75) is 25.7 Å². The first-order chi connectivity index (χ1) is 10.8. The number of hydrogen-bond acceptors (Lipinski definition) is 5. The fourth-order valence-electron chi connectivity index (χ4n) is 1.85. The minimum Gasteiger partial charge on any atom is -0.422 e. The van der Waals surface area contributed by atoms with Gasteiger partial charge in [0, 0.05) is 19.0 Å². The van der Waals surface area contributed by atoms with Crippen LogP contribution in [0.3, 0.4) is 0 Å². The van der Waals surface area contributed by atoms with Crippen LogP contribution < -0.4 is 4.74 Å². The third-order valence-electron chi connectivity index (χ3n) is 3.62. The molecule has 2 rings (SSSR count). The minimum absolute atomic E-state index is 0.110.